The van der Waals surface area contributed by atoms with Gasteiger partial charge in [-0.3, -0.25) is 4.79 Å². The van der Waals surface area contributed by atoms with Crippen molar-refractivity contribution in [2.45, 2.75) is 6.18 Å². The van der Waals surface area contributed by atoms with Crippen LogP contribution in [0.1, 0.15) is 15.9 Å². The van der Waals surface area contributed by atoms with Crippen molar-refractivity contribution in [1.29, 1.82) is 0 Å². The number of benzene rings is 3. The van der Waals surface area contributed by atoms with Gasteiger partial charge in [0, 0.05) is 5.56 Å². The zero-order valence-corrected chi connectivity index (χ0v) is 16.6. The van der Waals surface area contributed by atoms with Crippen molar-refractivity contribution in [1.82, 2.24) is 0 Å². The van der Waals surface area contributed by atoms with Crippen LogP contribution in [-0.2, 0) is 6.18 Å². The van der Waals surface area contributed by atoms with Gasteiger partial charge in [0.15, 0.2) is 0 Å². The molecule has 0 unspecified atom stereocenters. The van der Waals surface area contributed by atoms with Gasteiger partial charge in [-0.2, -0.15) is 13.2 Å². The van der Waals surface area contributed by atoms with Crippen LogP contribution in [0.2, 0.25) is 0 Å². The van der Waals surface area contributed by atoms with Crippen molar-refractivity contribution in [2.24, 2.45) is 0 Å². The number of alkyl halides is 3. The van der Waals surface area contributed by atoms with Gasteiger partial charge in [0.05, 0.1) is 18.4 Å². The smallest absolute Gasteiger partial charge is 0.416 e. The Labute approximate surface area is 177 Å². The van der Waals surface area contributed by atoms with Gasteiger partial charge in [-0.05, 0) is 54.6 Å². The van der Waals surface area contributed by atoms with Crippen molar-refractivity contribution in [2.75, 3.05) is 25.6 Å². The molecule has 162 valence electrons. The van der Waals surface area contributed by atoms with E-state index in [1.54, 1.807) is 24.3 Å². The molecule has 31 heavy (non-hydrogen) atoms. The van der Waals surface area contributed by atoms with E-state index in [4.69, 9.17) is 14.2 Å². The molecular weight excluding hydrogens is 411 g/mol. The molecule has 0 bridgehead atoms. The van der Waals surface area contributed by atoms with Crippen LogP contribution in [-0.4, -0.2) is 26.2 Å². The van der Waals surface area contributed by atoms with E-state index in [2.05, 4.69) is 5.32 Å². The number of nitrogens with one attached hydrogen (secondary N) is 1. The highest BCUT2D eigenvalue weighted by Gasteiger charge is 2.31. The van der Waals surface area contributed by atoms with E-state index >= 15 is 0 Å². The third-order valence-electron chi connectivity index (χ3n) is 4.26. The van der Waals surface area contributed by atoms with Crippen molar-refractivity contribution in [3.05, 3.63) is 83.9 Å². The minimum atomic E-state index is -4.56. The number of carbonyl (C=O) groups excluding carboxylic acids is 1. The van der Waals surface area contributed by atoms with Gasteiger partial charge in [0.25, 0.3) is 5.91 Å². The minimum Gasteiger partial charge on any atom is -0.497 e. The molecule has 3 rings (SSSR count). The second-order valence-electron chi connectivity index (χ2n) is 6.40. The van der Waals surface area contributed by atoms with Gasteiger partial charge in [-0.1, -0.05) is 18.2 Å². The lowest BCUT2D eigenvalue weighted by Crippen LogP contribution is -2.16. The molecule has 5 nitrogen and oxygen atoms in total. The highest BCUT2D eigenvalue weighted by atomic mass is 19.4. The first kappa shape index (κ1) is 22.0. The Balaban J connectivity index is 1.72. The molecule has 3 aromatic carbocycles. The molecule has 0 heterocycles. The molecule has 0 aliphatic carbocycles. The first-order valence-electron chi connectivity index (χ1n) is 9.34. The number of rotatable bonds is 8. The maximum Gasteiger partial charge on any atom is 0.416 e. The number of hydrogen-bond acceptors (Lipinski definition) is 4. The summed E-state index contributed by atoms with van der Waals surface area (Å²) in [5.41, 5.74) is -0.725. The summed E-state index contributed by atoms with van der Waals surface area (Å²) in [6, 6.07) is 18.1. The average Bonchev–Trinajstić information content (AvgIpc) is 2.77. The topological polar surface area (TPSA) is 56.8 Å². The number of methoxy groups -OCH3 is 1. The van der Waals surface area contributed by atoms with E-state index in [1.165, 1.54) is 25.3 Å². The highest BCUT2D eigenvalue weighted by molar-refractivity contribution is 6.05. The second kappa shape index (κ2) is 9.88. The van der Waals surface area contributed by atoms with Gasteiger partial charge in [0.2, 0.25) is 0 Å². The first-order chi connectivity index (χ1) is 14.9. The van der Waals surface area contributed by atoms with E-state index in [0.717, 1.165) is 12.1 Å². The highest BCUT2D eigenvalue weighted by Crippen LogP contribution is 2.35. The molecule has 0 saturated heterocycles. The van der Waals surface area contributed by atoms with Crippen LogP contribution in [0.3, 0.4) is 0 Å². The van der Waals surface area contributed by atoms with Crippen LogP contribution in [0.15, 0.2) is 72.8 Å². The fraction of sp³-hybridized carbons (Fsp3) is 0.174. The van der Waals surface area contributed by atoms with Crippen LogP contribution in [0, 0.1) is 0 Å². The normalized spacial score (nSPS) is 11.0. The lowest BCUT2D eigenvalue weighted by molar-refractivity contribution is -0.137. The Bertz CT molecular complexity index is 1010. The van der Waals surface area contributed by atoms with Crippen molar-refractivity contribution >= 4 is 11.6 Å². The SMILES string of the molecule is COc1ccc(C(=O)Nc2cc(C(F)(F)F)ccc2OCCOc2ccccc2)cc1. The predicted octanol–water partition coefficient (Wildman–Crippen LogP) is 5.42. The summed E-state index contributed by atoms with van der Waals surface area (Å²) < 4.78 is 55.6. The molecule has 0 saturated carbocycles. The number of hydrogen-bond donors (Lipinski definition) is 1. The molecular formula is C23H20F3NO4. The van der Waals surface area contributed by atoms with Crippen molar-refractivity contribution < 1.29 is 32.2 Å². The Hall–Kier alpha value is -3.68. The summed E-state index contributed by atoms with van der Waals surface area (Å²) >= 11 is 0. The molecule has 0 aliphatic rings. The fourth-order valence-corrected chi connectivity index (χ4v) is 2.69. The molecule has 0 fully saturated rings. The standard InChI is InChI=1S/C23H20F3NO4/c1-29-18-10-7-16(8-11-18)22(28)27-20-15-17(23(24,25)26)9-12-21(20)31-14-13-30-19-5-3-2-4-6-19/h2-12,15H,13-14H2,1H3,(H,27,28). The fourth-order valence-electron chi connectivity index (χ4n) is 2.69. The molecule has 0 atom stereocenters. The summed E-state index contributed by atoms with van der Waals surface area (Å²) in [4.78, 5) is 12.5. The summed E-state index contributed by atoms with van der Waals surface area (Å²) in [5.74, 6) is 0.725. The van der Waals surface area contributed by atoms with Crippen LogP contribution in [0.5, 0.6) is 17.2 Å². The Morgan fingerprint density at radius 3 is 2.19 bits per heavy atom. The van der Waals surface area contributed by atoms with E-state index in [-0.39, 0.29) is 30.2 Å². The third kappa shape index (κ3) is 6.15. The van der Waals surface area contributed by atoms with Gasteiger partial charge in [-0.25, -0.2) is 0 Å². The monoisotopic (exact) mass is 431 g/mol. The van der Waals surface area contributed by atoms with Crippen molar-refractivity contribution in [3.63, 3.8) is 0 Å². The van der Waals surface area contributed by atoms with E-state index in [0.29, 0.717) is 11.5 Å². The number of halogens is 3. The molecule has 8 heteroatoms. The predicted molar refractivity (Wildman–Crippen MR) is 110 cm³/mol. The summed E-state index contributed by atoms with van der Waals surface area (Å²) in [6.07, 6.45) is -4.56. The number of amides is 1. The number of ether oxygens (including phenoxy) is 3. The van der Waals surface area contributed by atoms with Crippen LogP contribution >= 0.6 is 0 Å². The van der Waals surface area contributed by atoms with Gasteiger partial charge >= 0.3 is 6.18 Å². The lowest BCUT2D eigenvalue weighted by Gasteiger charge is -2.16. The molecule has 0 spiro atoms. The zero-order valence-electron chi connectivity index (χ0n) is 16.6. The maximum atomic E-state index is 13.2. The molecule has 1 amide bonds. The third-order valence-corrected chi connectivity index (χ3v) is 4.26. The molecule has 0 radical (unpaired) electrons. The lowest BCUT2D eigenvalue weighted by atomic mass is 10.1. The molecule has 1 N–H and O–H groups in total. The number of para-hydroxylation sites is 1. The zero-order chi connectivity index (χ0) is 22.3. The van der Waals surface area contributed by atoms with Gasteiger partial charge in [-0.15, -0.1) is 0 Å². The summed E-state index contributed by atoms with van der Waals surface area (Å²) in [7, 11) is 1.49. The minimum absolute atomic E-state index is 0.0751. The van der Waals surface area contributed by atoms with Gasteiger partial charge < -0.3 is 19.5 Å². The second-order valence-corrected chi connectivity index (χ2v) is 6.40. The summed E-state index contributed by atoms with van der Waals surface area (Å²) in [5, 5.41) is 2.49. The van der Waals surface area contributed by atoms with E-state index in [1.807, 2.05) is 18.2 Å². The van der Waals surface area contributed by atoms with Crippen LogP contribution < -0.4 is 19.5 Å². The Kier molecular flexibility index (Phi) is 7.02. The quantitative estimate of drug-likeness (QED) is 0.484. The van der Waals surface area contributed by atoms with Gasteiger partial charge in [0.1, 0.15) is 30.5 Å². The number of carbonyl (C=O) groups is 1. The Morgan fingerprint density at radius 2 is 1.55 bits per heavy atom. The number of anilines is 1. The molecule has 0 aromatic heterocycles. The van der Waals surface area contributed by atoms with Crippen molar-refractivity contribution in [3.8, 4) is 17.2 Å². The van der Waals surface area contributed by atoms with Crippen LogP contribution in [0.4, 0.5) is 18.9 Å². The summed E-state index contributed by atoms with van der Waals surface area (Å²) in [6.45, 7) is 0.253. The maximum absolute atomic E-state index is 13.2. The average molecular weight is 431 g/mol. The first-order valence-corrected chi connectivity index (χ1v) is 9.34. The largest absolute Gasteiger partial charge is 0.497 e. The van der Waals surface area contributed by atoms with E-state index < -0.39 is 17.6 Å². The molecule has 0 aliphatic heterocycles. The Morgan fingerprint density at radius 1 is 0.871 bits per heavy atom. The van der Waals surface area contributed by atoms with E-state index in [9.17, 15) is 18.0 Å². The molecule has 3 aromatic rings. The van der Waals surface area contributed by atoms with Crippen LogP contribution in [0.25, 0.3) is 0 Å².